The largest absolute Gasteiger partial charge is 0.354 e. The van der Waals surface area contributed by atoms with Crippen molar-refractivity contribution in [2.75, 3.05) is 5.32 Å². The van der Waals surface area contributed by atoms with Gasteiger partial charge in [0.05, 0.1) is 39.1 Å². The molecule has 0 fully saturated rings. The fourth-order valence-electron chi connectivity index (χ4n) is 6.94. The number of rotatable bonds is 5. The van der Waals surface area contributed by atoms with Crippen molar-refractivity contribution in [3.8, 4) is 22.5 Å². The highest BCUT2D eigenvalue weighted by Gasteiger charge is 2.16. The molecule has 212 valence electrons. The fraction of sp³-hybridized carbons (Fsp3) is 0. The van der Waals surface area contributed by atoms with Crippen LogP contribution in [0.15, 0.2) is 170 Å². The van der Waals surface area contributed by atoms with Gasteiger partial charge in [-0.1, -0.05) is 115 Å². The lowest BCUT2D eigenvalue weighted by molar-refractivity contribution is 1.18. The van der Waals surface area contributed by atoms with E-state index in [0.717, 1.165) is 17.1 Å². The molecule has 0 atom stereocenters. The molecule has 0 unspecified atom stereocenters. The monoisotopic (exact) mass is 575 g/mol. The van der Waals surface area contributed by atoms with Gasteiger partial charge in [-0.2, -0.15) is 0 Å². The zero-order valence-electron chi connectivity index (χ0n) is 24.6. The van der Waals surface area contributed by atoms with Crippen molar-refractivity contribution in [1.29, 1.82) is 0 Å². The normalized spacial score (nSPS) is 11.6. The van der Waals surface area contributed by atoms with Crippen LogP contribution < -0.4 is 5.32 Å². The number of para-hydroxylation sites is 7. The number of anilines is 2. The summed E-state index contributed by atoms with van der Waals surface area (Å²) in [6.07, 6.45) is 0. The third kappa shape index (κ3) is 4.05. The van der Waals surface area contributed by atoms with Gasteiger partial charge in [-0.3, -0.25) is 0 Å². The summed E-state index contributed by atoms with van der Waals surface area (Å²) in [5.74, 6) is 0. The number of nitrogens with one attached hydrogen (secondary N) is 1. The Labute approximate surface area is 261 Å². The van der Waals surface area contributed by atoms with Crippen LogP contribution in [0.4, 0.5) is 11.4 Å². The fourth-order valence-corrected chi connectivity index (χ4v) is 6.94. The van der Waals surface area contributed by atoms with Crippen molar-refractivity contribution in [1.82, 2.24) is 9.13 Å². The topological polar surface area (TPSA) is 21.9 Å². The third-order valence-electron chi connectivity index (χ3n) is 8.92. The average molecular weight is 576 g/mol. The zero-order valence-corrected chi connectivity index (χ0v) is 24.6. The van der Waals surface area contributed by atoms with E-state index in [9.17, 15) is 0 Å². The van der Waals surface area contributed by atoms with Crippen LogP contribution in [-0.2, 0) is 0 Å². The summed E-state index contributed by atoms with van der Waals surface area (Å²) in [5.41, 5.74) is 11.6. The van der Waals surface area contributed by atoms with Gasteiger partial charge in [-0.25, -0.2) is 0 Å². The van der Waals surface area contributed by atoms with Crippen LogP contribution in [0.25, 0.3) is 66.1 Å². The maximum Gasteiger partial charge on any atom is 0.0697 e. The first-order valence-corrected chi connectivity index (χ1v) is 15.4. The molecule has 45 heavy (non-hydrogen) atoms. The highest BCUT2D eigenvalue weighted by molar-refractivity contribution is 6.10. The minimum Gasteiger partial charge on any atom is -0.354 e. The molecule has 2 heterocycles. The molecule has 3 nitrogen and oxygen atoms in total. The lowest BCUT2D eigenvalue weighted by Gasteiger charge is -2.16. The minimum absolute atomic E-state index is 1.04. The first-order chi connectivity index (χ1) is 22.3. The smallest absolute Gasteiger partial charge is 0.0697 e. The Kier molecular flexibility index (Phi) is 5.82. The van der Waals surface area contributed by atoms with E-state index >= 15 is 0 Å². The SMILES string of the molecule is c1ccc(-n2c3ccccc3c3ccccc32)c(Nc2ccc(-c3ccccc3-n3c4ccccc4c4ccccc43)cc2)c1. The third-order valence-corrected chi connectivity index (χ3v) is 8.92. The van der Waals surface area contributed by atoms with Crippen molar-refractivity contribution in [2.45, 2.75) is 0 Å². The lowest BCUT2D eigenvalue weighted by atomic mass is 10.0. The first kappa shape index (κ1) is 25.4. The second-order valence-corrected chi connectivity index (χ2v) is 11.5. The van der Waals surface area contributed by atoms with E-state index in [2.05, 4.69) is 184 Å². The summed E-state index contributed by atoms with van der Waals surface area (Å²) in [5, 5.41) is 8.79. The second kappa shape index (κ2) is 10.3. The molecule has 9 aromatic rings. The molecular weight excluding hydrogens is 546 g/mol. The molecule has 0 aliphatic rings. The van der Waals surface area contributed by atoms with Crippen LogP contribution >= 0.6 is 0 Å². The standard InChI is InChI=1S/C42H29N3/c1-7-19-37(44-38-20-8-2-14-32(38)33-15-3-9-21-39(33)44)31(13-1)29-25-27-30(28-26-29)43-36-18-6-12-24-42(36)45-40-22-10-4-16-34(40)35-17-5-11-23-41(35)45/h1-28,43H. The molecule has 3 heteroatoms. The molecule has 7 aromatic carbocycles. The molecule has 9 rings (SSSR count). The summed E-state index contributed by atoms with van der Waals surface area (Å²) in [4.78, 5) is 0. The van der Waals surface area contributed by atoms with Gasteiger partial charge in [0.15, 0.2) is 0 Å². The number of benzene rings is 7. The van der Waals surface area contributed by atoms with E-state index in [4.69, 9.17) is 0 Å². The molecule has 0 bridgehead atoms. The second-order valence-electron chi connectivity index (χ2n) is 11.5. The molecule has 0 aliphatic carbocycles. The Morgan fingerprint density at radius 3 is 1.27 bits per heavy atom. The quantitative estimate of drug-likeness (QED) is 0.217. The van der Waals surface area contributed by atoms with Gasteiger partial charge in [0.25, 0.3) is 0 Å². The van der Waals surface area contributed by atoms with Gasteiger partial charge in [-0.15, -0.1) is 0 Å². The van der Waals surface area contributed by atoms with Crippen molar-refractivity contribution in [2.24, 2.45) is 0 Å². The number of hydrogen-bond donors (Lipinski definition) is 1. The van der Waals surface area contributed by atoms with Crippen molar-refractivity contribution >= 4 is 55.0 Å². The first-order valence-electron chi connectivity index (χ1n) is 15.4. The van der Waals surface area contributed by atoms with Crippen LogP contribution in [0.3, 0.4) is 0 Å². The van der Waals surface area contributed by atoms with Crippen molar-refractivity contribution in [3.63, 3.8) is 0 Å². The van der Waals surface area contributed by atoms with Gasteiger partial charge in [0, 0.05) is 32.8 Å². The number of fused-ring (bicyclic) bond motifs is 6. The van der Waals surface area contributed by atoms with Crippen molar-refractivity contribution < 1.29 is 0 Å². The summed E-state index contributed by atoms with van der Waals surface area (Å²) in [7, 11) is 0. The van der Waals surface area contributed by atoms with E-state index in [1.807, 2.05) is 0 Å². The zero-order chi connectivity index (χ0) is 29.7. The molecule has 1 N–H and O–H groups in total. The van der Waals surface area contributed by atoms with Crippen LogP contribution in [0, 0.1) is 0 Å². The molecule has 0 spiro atoms. The van der Waals surface area contributed by atoms with Gasteiger partial charge < -0.3 is 14.5 Å². The van der Waals surface area contributed by atoms with E-state index in [0.29, 0.717) is 0 Å². The summed E-state index contributed by atoms with van der Waals surface area (Å²) < 4.78 is 4.76. The Morgan fingerprint density at radius 1 is 0.333 bits per heavy atom. The molecule has 0 saturated heterocycles. The van der Waals surface area contributed by atoms with Gasteiger partial charge in [0.2, 0.25) is 0 Å². The number of hydrogen-bond acceptors (Lipinski definition) is 1. The van der Waals surface area contributed by atoms with E-state index in [-0.39, 0.29) is 0 Å². The van der Waals surface area contributed by atoms with Gasteiger partial charge in [-0.05, 0) is 60.2 Å². The van der Waals surface area contributed by atoms with Crippen LogP contribution in [0.5, 0.6) is 0 Å². The van der Waals surface area contributed by atoms with Crippen LogP contribution in [-0.4, -0.2) is 9.13 Å². The van der Waals surface area contributed by atoms with E-state index < -0.39 is 0 Å². The predicted molar refractivity (Wildman–Crippen MR) is 190 cm³/mol. The minimum atomic E-state index is 1.04. The van der Waals surface area contributed by atoms with E-state index in [1.54, 1.807) is 0 Å². The molecule has 0 amide bonds. The average Bonchev–Trinajstić information content (AvgIpc) is 3.62. The number of aromatic nitrogens is 2. The maximum absolute atomic E-state index is 3.73. The Balaban J connectivity index is 1.12. The molecule has 0 saturated carbocycles. The number of nitrogens with zero attached hydrogens (tertiary/aromatic N) is 2. The summed E-state index contributed by atoms with van der Waals surface area (Å²) >= 11 is 0. The highest BCUT2D eigenvalue weighted by Crippen LogP contribution is 2.38. The maximum atomic E-state index is 3.73. The Morgan fingerprint density at radius 2 is 0.733 bits per heavy atom. The molecule has 0 aliphatic heterocycles. The van der Waals surface area contributed by atoms with Gasteiger partial charge >= 0.3 is 0 Å². The molecular formula is C42H29N3. The Bertz CT molecular complexity index is 2410. The van der Waals surface area contributed by atoms with Crippen LogP contribution in [0.1, 0.15) is 0 Å². The lowest BCUT2D eigenvalue weighted by Crippen LogP contribution is -2.00. The van der Waals surface area contributed by atoms with Gasteiger partial charge in [0.1, 0.15) is 0 Å². The van der Waals surface area contributed by atoms with Crippen LogP contribution in [0.2, 0.25) is 0 Å². The summed E-state index contributed by atoms with van der Waals surface area (Å²) in [6.45, 7) is 0. The predicted octanol–water partition coefficient (Wildman–Crippen LogP) is 11.3. The molecule has 0 radical (unpaired) electrons. The van der Waals surface area contributed by atoms with Crippen molar-refractivity contribution in [3.05, 3.63) is 170 Å². The summed E-state index contributed by atoms with van der Waals surface area (Å²) in [6, 6.07) is 60.7. The molecule has 2 aromatic heterocycles. The Hall–Kier alpha value is -6.06. The van der Waals surface area contributed by atoms with E-state index in [1.165, 1.54) is 60.4 Å². The highest BCUT2D eigenvalue weighted by atomic mass is 15.0.